The molecule has 0 saturated carbocycles. The first-order chi connectivity index (χ1) is 15.7. The minimum Gasteiger partial charge on any atom is -0.383 e. The zero-order valence-electron chi connectivity index (χ0n) is 19.6. The van der Waals surface area contributed by atoms with Crippen molar-refractivity contribution in [3.05, 3.63) is 23.8 Å². The lowest BCUT2D eigenvalue weighted by Crippen LogP contribution is -2.55. The number of fused-ring (bicyclic) bond motifs is 1. The molecule has 33 heavy (non-hydrogen) atoms. The number of nitrogens with zero attached hydrogens (tertiary/aromatic N) is 1. The van der Waals surface area contributed by atoms with Gasteiger partial charge in [-0.05, 0) is 62.1 Å². The topological polar surface area (TPSA) is 134 Å². The van der Waals surface area contributed by atoms with Crippen LogP contribution in [0, 0.1) is 11.8 Å². The second-order valence-electron chi connectivity index (χ2n) is 9.32. The fraction of sp³-hybridized carbons (Fsp3) is 0.652. The number of piperidine rings is 1. The van der Waals surface area contributed by atoms with E-state index in [1.165, 1.54) is 4.90 Å². The van der Waals surface area contributed by atoms with E-state index in [0.29, 0.717) is 50.1 Å². The van der Waals surface area contributed by atoms with Crippen LogP contribution >= 0.6 is 0 Å². The van der Waals surface area contributed by atoms with Gasteiger partial charge < -0.3 is 21.3 Å². The number of anilines is 1. The number of likely N-dealkylation sites (tertiary alicyclic amines) is 1. The predicted molar refractivity (Wildman–Crippen MR) is 128 cm³/mol. The number of rotatable bonds is 9. The second-order valence-corrected chi connectivity index (χ2v) is 11.1. The van der Waals surface area contributed by atoms with E-state index < -0.39 is 16.1 Å². The maximum absolute atomic E-state index is 13.0. The Kier molecular flexibility index (Phi) is 8.72. The summed E-state index contributed by atoms with van der Waals surface area (Å²) in [6, 6.07) is 4.62. The third-order valence-corrected chi connectivity index (χ3v) is 7.87. The van der Waals surface area contributed by atoms with Crippen LogP contribution in [0.3, 0.4) is 0 Å². The van der Waals surface area contributed by atoms with Gasteiger partial charge >= 0.3 is 0 Å². The monoisotopic (exact) mass is 479 g/mol. The Balaban J connectivity index is 1.66. The fourth-order valence-electron chi connectivity index (χ4n) is 4.52. The summed E-state index contributed by atoms with van der Waals surface area (Å²) in [5.41, 5.74) is 7.06. The van der Waals surface area contributed by atoms with Gasteiger partial charge in [-0.3, -0.25) is 9.59 Å². The molecule has 2 aliphatic rings. The van der Waals surface area contributed by atoms with Gasteiger partial charge in [0.05, 0.1) is 12.2 Å². The van der Waals surface area contributed by atoms with Crippen molar-refractivity contribution in [3.8, 4) is 0 Å². The average molecular weight is 480 g/mol. The summed E-state index contributed by atoms with van der Waals surface area (Å²) in [6.07, 6.45) is 3.76. The summed E-state index contributed by atoms with van der Waals surface area (Å²) < 4.78 is 28.5. The van der Waals surface area contributed by atoms with Gasteiger partial charge in [-0.2, -0.15) is 0 Å². The molecule has 2 amide bonds. The maximum atomic E-state index is 13.0. The lowest BCUT2D eigenvalue weighted by atomic mass is 9.91. The lowest BCUT2D eigenvalue weighted by Gasteiger charge is -2.37. The van der Waals surface area contributed by atoms with Crippen molar-refractivity contribution in [2.45, 2.75) is 56.9 Å². The number of sulfonamides is 1. The van der Waals surface area contributed by atoms with Crippen LogP contribution in [0.15, 0.2) is 23.1 Å². The van der Waals surface area contributed by atoms with Crippen LogP contribution in [0.25, 0.3) is 0 Å². The van der Waals surface area contributed by atoms with Gasteiger partial charge in [0.25, 0.3) is 0 Å². The summed E-state index contributed by atoms with van der Waals surface area (Å²) >= 11 is 0. The smallest absolute Gasteiger partial charge is 0.243 e. The summed E-state index contributed by atoms with van der Waals surface area (Å²) in [6.45, 7) is 6.01. The molecule has 1 aromatic carbocycles. The number of nitrogens with two attached hydrogens (primary N) is 1. The Morgan fingerprint density at radius 1 is 1.21 bits per heavy atom. The number of hydrogen-bond acceptors (Lipinski definition) is 6. The molecule has 2 aliphatic heterocycles. The largest absolute Gasteiger partial charge is 0.383 e. The van der Waals surface area contributed by atoms with E-state index in [1.807, 2.05) is 6.07 Å². The third kappa shape index (κ3) is 6.45. The first-order valence-electron chi connectivity index (χ1n) is 11.9. The zero-order chi connectivity index (χ0) is 24.0. The molecule has 3 atom stereocenters. The van der Waals surface area contributed by atoms with Crippen LogP contribution in [0.5, 0.6) is 0 Å². The standard InChI is InChI=1S/C23H37N5O4S/c1-16-8-11-28(19(13-16)23(30)25-10-4-3-9-24)21(29)15-27-33(31,32)20-7-5-6-18-12-17(2)14-26-22(18)20/h5-7,16-17,19,26-27H,3-4,8-15,24H2,1-2H3,(H,25,30)/t16-,17?,19-/m0/s1. The van der Waals surface area contributed by atoms with E-state index in [4.69, 9.17) is 5.73 Å². The van der Waals surface area contributed by atoms with E-state index in [9.17, 15) is 18.0 Å². The van der Waals surface area contributed by atoms with Crippen molar-refractivity contribution in [2.75, 3.05) is 38.0 Å². The van der Waals surface area contributed by atoms with Crippen LogP contribution in [-0.4, -0.2) is 63.9 Å². The molecule has 0 aromatic heterocycles. The van der Waals surface area contributed by atoms with Crippen LogP contribution in [0.1, 0.15) is 45.1 Å². The van der Waals surface area contributed by atoms with Gasteiger partial charge in [0.15, 0.2) is 0 Å². The Morgan fingerprint density at radius 3 is 2.76 bits per heavy atom. The number of carbonyl (C=O) groups is 2. The SMILES string of the molecule is CC1CNc2c(cccc2S(=O)(=O)NCC(=O)N2CC[C@H](C)C[C@H]2C(=O)NCCCCN)C1. The highest BCUT2D eigenvalue weighted by Gasteiger charge is 2.35. The van der Waals surface area contributed by atoms with E-state index in [1.54, 1.807) is 12.1 Å². The molecule has 5 N–H and O–H groups in total. The second kappa shape index (κ2) is 11.3. The summed E-state index contributed by atoms with van der Waals surface area (Å²) in [4.78, 5) is 27.4. The zero-order valence-corrected chi connectivity index (χ0v) is 20.4. The number of para-hydroxylation sites is 1. The molecule has 0 bridgehead atoms. The third-order valence-electron chi connectivity index (χ3n) is 6.43. The molecule has 0 radical (unpaired) electrons. The van der Waals surface area contributed by atoms with Crippen molar-refractivity contribution >= 4 is 27.5 Å². The molecular weight excluding hydrogens is 442 g/mol. The highest BCUT2D eigenvalue weighted by Crippen LogP contribution is 2.31. The van der Waals surface area contributed by atoms with Crippen LogP contribution in [-0.2, 0) is 26.0 Å². The van der Waals surface area contributed by atoms with E-state index >= 15 is 0 Å². The van der Waals surface area contributed by atoms with Crippen molar-refractivity contribution in [1.82, 2.24) is 14.9 Å². The van der Waals surface area contributed by atoms with Gasteiger partial charge in [-0.25, -0.2) is 13.1 Å². The molecule has 2 heterocycles. The Morgan fingerprint density at radius 2 is 2.00 bits per heavy atom. The average Bonchev–Trinajstić information content (AvgIpc) is 2.79. The summed E-state index contributed by atoms with van der Waals surface area (Å²) in [5, 5.41) is 6.11. The lowest BCUT2D eigenvalue weighted by molar-refractivity contribution is -0.142. The normalized spacial score (nSPS) is 22.9. The molecule has 10 heteroatoms. The van der Waals surface area contributed by atoms with Gasteiger partial charge in [-0.15, -0.1) is 0 Å². The quantitative estimate of drug-likeness (QED) is 0.391. The van der Waals surface area contributed by atoms with Gasteiger partial charge in [0.2, 0.25) is 21.8 Å². The number of nitrogens with one attached hydrogen (secondary N) is 3. The predicted octanol–water partition coefficient (Wildman–Crippen LogP) is 1.05. The van der Waals surface area contributed by atoms with E-state index in [2.05, 4.69) is 29.2 Å². The Bertz CT molecular complexity index is 952. The summed E-state index contributed by atoms with van der Waals surface area (Å²) in [5.74, 6) is 0.156. The molecule has 184 valence electrons. The molecule has 9 nitrogen and oxygen atoms in total. The number of unbranched alkanes of at least 4 members (excludes halogenated alkanes) is 1. The van der Waals surface area contributed by atoms with Crippen LogP contribution in [0.2, 0.25) is 0 Å². The van der Waals surface area contributed by atoms with Crippen molar-refractivity contribution in [3.63, 3.8) is 0 Å². The first-order valence-corrected chi connectivity index (χ1v) is 13.3. The van der Waals surface area contributed by atoms with Gasteiger partial charge in [-0.1, -0.05) is 26.0 Å². The van der Waals surface area contributed by atoms with Gasteiger partial charge in [0.1, 0.15) is 10.9 Å². The molecule has 1 unspecified atom stereocenters. The summed E-state index contributed by atoms with van der Waals surface area (Å²) in [7, 11) is -3.89. The van der Waals surface area contributed by atoms with E-state index in [-0.39, 0.29) is 23.3 Å². The first kappa shape index (κ1) is 25.5. The maximum Gasteiger partial charge on any atom is 0.243 e. The number of carbonyl (C=O) groups excluding carboxylic acids is 2. The fourth-order valence-corrected chi connectivity index (χ4v) is 5.72. The Hall–Kier alpha value is -2.17. The highest BCUT2D eigenvalue weighted by molar-refractivity contribution is 7.89. The number of amides is 2. The Labute approximate surface area is 196 Å². The van der Waals surface area contributed by atoms with Crippen molar-refractivity contribution in [2.24, 2.45) is 17.6 Å². The molecular formula is C23H37N5O4S. The van der Waals surface area contributed by atoms with Gasteiger partial charge in [0, 0.05) is 19.6 Å². The molecule has 1 saturated heterocycles. The molecule has 1 aromatic rings. The van der Waals surface area contributed by atoms with Crippen LogP contribution in [0.4, 0.5) is 5.69 Å². The highest BCUT2D eigenvalue weighted by atomic mass is 32.2. The minimum absolute atomic E-state index is 0.154. The van der Waals surface area contributed by atoms with Crippen molar-refractivity contribution in [1.29, 1.82) is 0 Å². The van der Waals surface area contributed by atoms with E-state index in [0.717, 1.165) is 31.2 Å². The molecule has 1 fully saturated rings. The molecule has 0 spiro atoms. The minimum atomic E-state index is -3.89. The molecule has 0 aliphatic carbocycles. The van der Waals surface area contributed by atoms with Crippen molar-refractivity contribution < 1.29 is 18.0 Å². The molecule has 3 rings (SSSR count). The number of benzene rings is 1. The van der Waals surface area contributed by atoms with Crippen LogP contribution < -0.4 is 21.1 Å². The number of hydrogen-bond donors (Lipinski definition) is 4.